The zero-order chi connectivity index (χ0) is 31.6. The van der Waals surface area contributed by atoms with Crippen LogP contribution in [0.2, 0.25) is 0 Å². The van der Waals surface area contributed by atoms with Crippen LogP contribution in [0.15, 0.2) is 103 Å². The Morgan fingerprint density at radius 3 is 2.33 bits per heavy atom. The van der Waals surface area contributed by atoms with Crippen LogP contribution in [0.4, 0.5) is 0 Å². The van der Waals surface area contributed by atoms with Crippen molar-refractivity contribution in [1.82, 2.24) is 14.9 Å². The molecule has 1 saturated heterocycles. The number of aromatic nitrogens is 2. The highest BCUT2D eigenvalue weighted by Crippen LogP contribution is 2.42. The van der Waals surface area contributed by atoms with E-state index >= 15 is 0 Å². The minimum absolute atomic E-state index is 0.0157. The van der Waals surface area contributed by atoms with E-state index < -0.39 is 16.0 Å². The van der Waals surface area contributed by atoms with E-state index in [1.165, 1.54) is 0 Å². The number of rotatable bonds is 8. The van der Waals surface area contributed by atoms with Gasteiger partial charge in [0.2, 0.25) is 0 Å². The smallest absolute Gasteiger partial charge is 0.272 e. The van der Waals surface area contributed by atoms with Gasteiger partial charge in [0.05, 0.1) is 42.7 Å². The second-order valence-electron chi connectivity index (χ2n) is 11.2. The Morgan fingerprint density at radius 2 is 1.60 bits per heavy atom. The Morgan fingerprint density at radius 1 is 0.911 bits per heavy atom. The first-order valence-electron chi connectivity index (χ1n) is 14.6. The first-order valence-corrected chi connectivity index (χ1v) is 15.8. The first-order chi connectivity index (χ1) is 21.7. The summed E-state index contributed by atoms with van der Waals surface area (Å²) in [6.45, 7) is 2.95. The summed E-state index contributed by atoms with van der Waals surface area (Å²) in [6.07, 6.45) is 0.832. The fraction of sp³-hybridized carbons (Fsp3) is 0.257. The number of aliphatic hydroxyl groups is 1. The van der Waals surface area contributed by atoms with Crippen LogP contribution in [0.1, 0.15) is 41.6 Å². The number of amides is 1. The van der Waals surface area contributed by atoms with Crippen molar-refractivity contribution >= 4 is 51.7 Å². The molecule has 4 aromatic carbocycles. The van der Waals surface area contributed by atoms with Gasteiger partial charge in [-0.25, -0.2) is 4.98 Å². The number of benzene rings is 4. The van der Waals surface area contributed by atoms with Crippen molar-refractivity contribution in [2.75, 3.05) is 0 Å². The summed E-state index contributed by atoms with van der Waals surface area (Å²) in [4.78, 5) is 16.7. The molecule has 10 heteroatoms. The molecule has 7 nitrogen and oxygen atoms in total. The minimum atomic E-state index is -2.03. The summed E-state index contributed by atoms with van der Waals surface area (Å²) in [7, 11) is 0. The molecule has 1 aliphatic rings. The molecule has 1 amide bonds. The maximum Gasteiger partial charge on any atom is 0.272 e. The van der Waals surface area contributed by atoms with Gasteiger partial charge >= 0.3 is 0 Å². The van der Waals surface area contributed by atoms with Crippen molar-refractivity contribution in [2.45, 2.75) is 48.9 Å². The number of para-hydroxylation sites is 2. The average molecular weight is 665 g/mol. The quantitative estimate of drug-likeness (QED) is 0.166. The lowest BCUT2D eigenvalue weighted by Gasteiger charge is -2.41. The van der Waals surface area contributed by atoms with E-state index in [9.17, 15) is 9.90 Å². The summed E-state index contributed by atoms with van der Waals surface area (Å²) in [6, 6.07) is 31.7. The SMILES string of the molecule is C[C@@H]1[C@H](Cn2cnc3ccccc32)O[C@H](c2ccc(-c3ccccc3CNC(=O)C(Cl)(Cl)Cl)cc2)O[C@@H]1c1ccc(CO)cc1. The normalized spacial score (nSPS) is 20.3. The van der Waals surface area contributed by atoms with Gasteiger partial charge in [-0.1, -0.05) is 127 Å². The lowest BCUT2D eigenvalue weighted by Crippen LogP contribution is -2.39. The van der Waals surface area contributed by atoms with Gasteiger partial charge in [-0.05, 0) is 39.9 Å². The first kappa shape index (κ1) is 31.5. The standard InChI is InChI=1S/C35H32Cl3N3O4/c1-22-31(19-41-21-40-29-8-4-5-9-30(29)41)44-33(45-32(22)25-12-10-23(20-42)11-13-25)26-16-14-24(15-17-26)28-7-3-2-6-27(28)18-39-34(43)35(36,37)38/h2-17,21-22,31-33,42H,18-20H2,1H3,(H,39,43)/t22-,31+,32+,33+/m1/s1. The number of aliphatic hydroxyl groups excluding tert-OH is 1. The molecular weight excluding hydrogens is 633 g/mol. The molecule has 0 spiro atoms. The molecule has 0 aliphatic carbocycles. The number of ether oxygens (including phenoxy) is 2. The molecule has 6 rings (SSSR count). The maximum absolute atomic E-state index is 12.1. The highest BCUT2D eigenvalue weighted by atomic mass is 35.6. The third kappa shape index (κ3) is 7.04. The second kappa shape index (κ2) is 13.5. The number of nitrogens with zero attached hydrogens (tertiary/aromatic N) is 2. The molecule has 2 N–H and O–H groups in total. The van der Waals surface area contributed by atoms with Crippen LogP contribution < -0.4 is 5.32 Å². The van der Waals surface area contributed by atoms with Crippen LogP contribution in [0.3, 0.4) is 0 Å². The highest BCUT2D eigenvalue weighted by molar-refractivity contribution is 6.76. The van der Waals surface area contributed by atoms with Crippen LogP contribution >= 0.6 is 34.8 Å². The fourth-order valence-electron chi connectivity index (χ4n) is 5.73. The fourth-order valence-corrected chi connectivity index (χ4v) is 5.93. The topological polar surface area (TPSA) is 85.6 Å². The third-order valence-corrected chi connectivity index (χ3v) is 8.75. The Hall–Kier alpha value is -3.43. The summed E-state index contributed by atoms with van der Waals surface area (Å²) < 4.78 is 13.4. The van der Waals surface area contributed by atoms with Gasteiger partial charge in [0.25, 0.3) is 9.70 Å². The lowest BCUT2D eigenvalue weighted by molar-refractivity contribution is -0.276. The summed E-state index contributed by atoms with van der Waals surface area (Å²) >= 11 is 17.2. The van der Waals surface area contributed by atoms with Crippen LogP contribution in [0, 0.1) is 5.92 Å². The monoisotopic (exact) mass is 663 g/mol. The number of nitrogens with one attached hydrogen (secondary N) is 1. The van der Waals surface area contributed by atoms with Gasteiger partial charge in [0.1, 0.15) is 0 Å². The number of alkyl halides is 3. The summed E-state index contributed by atoms with van der Waals surface area (Å²) in [5.41, 5.74) is 7.52. The summed E-state index contributed by atoms with van der Waals surface area (Å²) in [5, 5.41) is 12.3. The molecular formula is C35H32Cl3N3O4. The molecule has 2 heterocycles. The van der Waals surface area contributed by atoms with Crippen molar-refractivity contribution in [3.63, 3.8) is 0 Å². The van der Waals surface area contributed by atoms with Crippen molar-refractivity contribution in [3.05, 3.63) is 126 Å². The lowest BCUT2D eigenvalue weighted by atomic mass is 9.90. The maximum atomic E-state index is 12.1. The van der Waals surface area contributed by atoms with E-state index in [0.717, 1.165) is 44.4 Å². The van der Waals surface area contributed by atoms with E-state index in [0.29, 0.717) is 6.54 Å². The molecule has 232 valence electrons. The Balaban J connectivity index is 1.27. The van der Waals surface area contributed by atoms with Gasteiger partial charge in [0.15, 0.2) is 6.29 Å². The molecule has 1 aromatic heterocycles. The van der Waals surface area contributed by atoms with Crippen LogP contribution in [-0.2, 0) is 34.0 Å². The van der Waals surface area contributed by atoms with Gasteiger partial charge in [-0.15, -0.1) is 0 Å². The molecule has 1 fully saturated rings. The minimum Gasteiger partial charge on any atom is -0.392 e. The van der Waals surface area contributed by atoms with E-state index in [1.54, 1.807) is 0 Å². The number of halogens is 3. The zero-order valence-electron chi connectivity index (χ0n) is 24.4. The molecule has 4 atom stereocenters. The number of imidazole rings is 1. The van der Waals surface area contributed by atoms with Gasteiger partial charge in [0, 0.05) is 18.0 Å². The van der Waals surface area contributed by atoms with Crippen LogP contribution in [0.25, 0.3) is 22.2 Å². The van der Waals surface area contributed by atoms with Gasteiger partial charge < -0.3 is 24.5 Å². The number of carbonyl (C=O) groups excluding carboxylic acids is 1. The van der Waals surface area contributed by atoms with Crippen molar-refractivity contribution in [3.8, 4) is 11.1 Å². The van der Waals surface area contributed by atoms with Crippen LogP contribution in [-0.4, -0.2) is 30.5 Å². The molecule has 0 bridgehead atoms. The van der Waals surface area contributed by atoms with E-state index in [1.807, 2.05) is 97.3 Å². The van der Waals surface area contributed by atoms with Crippen molar-refractivity contribution < 1.29 is 19.4 Å². The average Bonchev–Trinajstić information content (AvgIpc) is 3.47. The predicted molar refractivity (Wildman–Crippen MR) is 177 cm³/mol. The number of hydrogen-bond donors (Lipinski definition) is 2. The summed E-state index contributed by atoms with van der Waals surface area (Å²) in [5.74, 6) is -0.659. The molecule has 45 heavy (non-hydrogen) atoms. The Kier molecular flexibility index (Phi) is 9.47. The van der Waals surface area contributed by atoms with Crippen molar-refractivity contribution in [1.29, 1.82) is 0 Å². The third-order valence-electron chi connectivity index (χ3n) is 8.24. The molecule has 0 radical (unpaired) electrons. The molecule has 0 unspecified atom stereocenters. The van der Waals surface area contributed by atoms with E-state index in [2.05, 4.69) is 27.9 Å². The predicted octanol–water partition coefficient (Wildman–Crippen LogP) is 7.67. The molecule has 1 aliphatic heterocycles. The highest BCUT2D eigenvalue weighted by Gasteiger charge is 2.38. The largest absolute Gasteiger partial charge is 0.392 e. The van der Waals surface area contributed by atoms with Gasteiger partial charge in [-0.2, -0.15) is 0 Å². The van der Waals surface area contributed by atoms with Crippen LogP contribution in [0.5, 0.6) is 0 Å². The van der Waals surface area contributed by atoms with E-state index in [4.69, 9.17) is 44.3 Å². The number of hydrogen-bond acceptors (Lipinski definition) is 5. The van der Waals surface area contributed by atoms with E-state index in [-0.39, 0.29) is 31.3 Å². The molecule has 0 saturated carbocycles. The Bertz CT molecular complexity index is 1770. The Labute approximate surface area is 276 Å². The van der Waals surface area contributed by atoms with Crippen molar-refractivity contribution in [2.24, 2.45) is 5.92 Å². The number of carbonyl (C=O) groups is 1. The number of fused-ring (bicyclic) bond motifs is 1. The second-order valence-corrected chi connectivity index (χ2v) is 13.4. The van der Waals surface area contributed by atoms with Gasteiger partial charge in [-0.3, -0.25) is 4.79 Å². The zero-order valence-corrected chi connectivity index (χ0v) is 26.7. The molecule has 5 aromatic rings.